The summed E-state index contributed by atoms with van der Waals surface area (Å²) in [5.41, 5.74) is 0. The van der Waals surface area contributed by atoms with E-state index in [4.69, 9.17) is 5.11 Å². The first kappa shape index (κ1) is 10.2. The first-order valence-electron chi connectivity index (χ1n) is 3.30. The van der Waals surface area contributed by atoms with Gasteiger partial charge in [0.2, 0.25) is 0 Å². The standard InChI is InChI=1S/C6H5OS.C2H6O/c7-8-6-4-2-1-3-5-6;1-2-3/h1-5H;3H,2H2,1H3/q+1;. The highest BCUT2D eigenvalue weighted by Crippen LogP contribution is 1.95. The van der Waals surface area contributed by atoms with E-state index in [1.165, 1.54) is 0 Å². The van der Waals surface area contributed by atoms with Gasteiger partial charge in [-0.2, -0.15) is 0 Å². The third-order valence-electron chi connectivity index (χ3n) is 0.839. The molecular formula is C8H11O2S+. The highest BCUT2D eigenvalue weighted by molar-refractivity contribution is 7.65. The molecule has 0 amide bonds. The van der Waals surface area contributed by atoms with Crippen molar-refractivity contribution in [2.75, 3.05) is 6.61 Å². The maximum absolute atomic E-state index is 10.0. The molecule has 60 valence electrons. The van der Waals surface area contributed by atoms with Gasteiger partial charge in [-0.1, -0.05) is 18.2 Å². The average molecular weight is 171 g/mol. The summed E-state index contributed by atoms with van der Waals surface area (Å²) < 4.78 is 10.0. The van der Waals surface area contributed by atoms with Gasteiger partial charge in [-0.3, -0.25) is 0 Å². The average Bonchev–Trinajstić information content (AvgIpc) is 2.08. The minimum Gasteiger partial charge on any atom is -0.397 e. The Balaban J connectivity index is 0.000000292. The van der Waals surface area contributed by atoms with Crippen LogP contribution in [0, 0.1) is 0 Å². The van der Waals surface area contributed by atoms with E-state index < -0.39 is 0 Å². The van der Waals surface area contributed by atoms with E-state index in [1.54, 1.807) is 19.1 Å². The largest absolute Gasteiger partial charge is 0.505 e. The fourth-order valence-electron chi connectivity index (χ4n) is 0.476. The van der Waals surface area contributed by atoms with Crippen molar-refractivity contribution in [2.45, 2.75) is 11.8 Å². The van der Waals surface area contributed by atoms with Gasteiger partial charge in [0.1, 0.15) is 0 Å². The van der Waals surface area contributed by atoms with E-state index in [0.717, 1.165) is 4.90 Å². The van der Waals surface area contributed by atoms with Crippen molar-refractivity contribution in [3.8, 4) is 0 Å². The smallest absolute Gasteiger partial charge is 0.397 e. The summed E-state index contributed by atoms with van der Waals surface area (Å²) in [5.74, 6) is 0. The van der Waals surface area contributed by atoms with Gasteiger partial charge >= 0.3 is 11.7 Å². The summed E-state index contributed by atoms with van der Waals surface area (Å²) in [4.78, 5) is 0.771. The van der Waals surface area contributed by atoms with Crippen LogP contribution in [0.4, 0.5) is 0 Å². The topological polar surface area (TPSA) is 37.3 Å². The van der Waals surface area contributed by atoms with Crippen LogP contribution in [0.2, 0.25) is 0 Å². The molecule has 0 radical (unpaired) electrons. The second-order valence-electron chi connectivity index (χ2n) is 1.71. The zero-order valence-electron chi connectivity index (χ0n) is 6.36. The van der Waals surface area contributed by atoms with Crippen molar-refractivity contribution >= 4 is 11.7 Å². The van der Waals surface area contributed by atoms with Crippen LogP contribution in [-0.2, 0) is 15.9 Å². The van der Waals surface area contributed by atoms with Crippen molar-refractivity contribution in [1.29, 1.82) is 0 Å². The van der Waals surface area contributed by atoms with Crippen LogP contribution in [0.25, 0.3) is 0 Å². The van der Waals surface area contributed by atoms with E-state index in [-0.39, 0.29) is 6.61 Å². The Morgan fingerprint density at radius 1 is 1.36 bits per heavy atom. The van der Waals surface area contributed by atoms with Gasteiger partial charge < -0.3 is 5.11 Å². The summed E-state index contributed by atoms with van der Waals surface area (Å²) in [7, 11) is 0. The Labute approximate surface area is 70.4 Å². The van der Waals surface area contributed by atoms with E-state index in [2.05, 4.69) is 0 Å². The molecule has 0 unspecified atom stereocenters. The molecule has 0 atom stereocenters. The van der Waals surface area contributed by atoms with Crippen molar-refractivity contribution < 1.29 is 9.32 Å². The minimum absolute atomic E-state index is 0.250. The number of benzene rings is 1. The van der Waals surface area contributed by atoms with Crippen molar-refractivity contribution in [3.63, 3.8) is 0 Å². The van der Waals surface area contributed by atoms with Gasteiger partial charge in [-0.15, -0.1) is 0 Å². The lowest BCUT2D eigenvalue weighted by atomic mass is 10.4. The minimum atomic E-state index is 0.250. The number of aliphatic hydroxyl groups is 1. The fourth-order valence-corrected chi connectivity index (χ4v) is 0.744. The summed E-state index contributed by atoms with van der Waals surface area (Å²) in [6.45, 7) is 1.93. The Bertz CT molecular complexity index is 187. The van der Waals surface area contributed by atoms with Crippen LogP contribution in [0.3, 0.4) is 0 Å². The van der Waals surface area contributed by atoms with Crippen molar-refractivity contribution in [3.05, 3.63) is 30.3 Å². The second kappa shape index (κ2) is 7.31. The molecule has 1 N–H and O–H groups in total. The molecule has 2 nitrogen and oxygen atoms in total. The molecule has 1 aromatic rings. The first-order valence-corrected chi connectivity index (χ1v) is 4.05. The monoisotopic (exact) mass is 171 g/mol. The maximum Gasteiger partial charge on any atom is 0.505 e. The predicted octanol–water partition coefficient (Wildman–Crippen LogP) is 1.47. The second-order valence-corrected chi connectivity index (χ2v) is 2.35. The number of aliphatic hydroxyl groups excluding tert-OH is 1. The molecule has 0 spiro atoms. The molecular weight excluding hydrogens is 160 g/mol. The molecule has 1 aromatic carbocycles. The number of rotatable bonds is 1. The van der Waals surface area contributed by atoms with Crippen LogP contribution >= 0.6 is 0 Å². The summed E-state index contributed by atoms with van der Waals surface area (Å²) >= 11 is 0.519. The summed E-state index contributed by atoms with van der Waals surface area (Å²) in [5, 5.41) is 7.57. The predicted molar refractivity (Wildman–Crippen MR) is 45.5 cm³/mol. The highest BCUT2D eigenvalue weighted by Gasteiger charge is 1.99. The lowest BCUT2D eigenvalue weighted by Crippen LogP contribution is -1.66. The van der Waals surface area contributed by atoms with Crippen LogP contribution in [0.5, 0.6) is 0 Å². The van der Waals surface area contributed by atoms with E-state index in [1.807, 2.05) is 18.2 Å². The third-order valence-corrected chi connectivity index (χ3v) is 1.30. The van der Waals surface area contributed by atoms with Gasteiger partial charge in [-0.25, -0.2) is 0 Å². The molecule has 0 heterocycles. The molecule has 0 aliphatic carbocycles. The Hall–Kier alpha value is -0.800. The van der Waals surface area contributed by atoms with Crippen molar-refractivity contribution in [1.82, 2.24) is 0 Å². The van der Waals surface area contributed by atoms with Crippen LogP contribution in [0.15, 0.2) is 35.2 Å². The Morgan fingerprint density at radius 2 is 1.82 bits per heavy atom. The normalized spacial score (nSPS) is 7.82. The van der Waals surface area contributed by atoms with Crippen LogP contribution in [-0.4, -0.2) is 11.7 Å². The van der Waals surface area contributed by atoms with Crippen molar-refractivity contribution in [2.24, 2.45) is 0 Å². The van der Waals surface area contributed by atoms with Gasteiger partial charge in [0.15, 0.2) is 0 Å². The van der Waals surface area contributed by atoms with Crippen LogP contribution in [0.1, 0.15) is 6.92 Å². The van der Waals surface area contributed by atoms with E-state index in [9.17, 15) is 4.21 Å². The SMILES string of the molecule is CCO.O=[S+]c1ccccc1. The fraction of sp³-hybridized carbons (Fsp3) is 0.250. The zero-order valence-corrected chi connectivity index (χ0v) is 7.17. The molecule has 0 fully saturated rings. The molecule has 0 aliphatic rings. The number of hydrogen-bond acceptors (Lipinski definition) is 2. The zero-order chi connectivity index (χ0) is 8.53. The number of hydrogen-bond donors (Lipinski definition) is 1. The molecule has 0 bridgehead atoms. The molecule has 1 rings (SSSR count). The Morgan fingerprint density at radius 3 is 2.09 bits per heavy atom. The lowest BCUT2D eigenvalue weighted by molar-refractivity contribution is 0.318. The molecule has 0 saturated carbocycles. The first-order chi connectivity index (χ1) is 5.35. The van der Waals surface area contributed by atoms with Gasteiger partial charge in [0.05, 0.1) is 0 Å². The molecule has 0 aliphatic heterocycles. The van der Waals surface area contributed by atoms with Crippen LogP contribution < -0.4 is 0 Å². The van der Waals surface area contributed by atoms with E-state index in [0.29, 0.717) is 11.7 Å². The van der Waals surface area contributed by atoms with Gasteiger partial charge in [-0.05, 0) is 6.92 Å². The van der Waals surface area contributed by atoms with E-state index >= 15 is 0 Å². The maximum atomic E-state index is 10.0. The lowest BCUT2D eigenvalue weighted by Gasteiger charge is -1.70. The summed E-state index contributed by atoms with van der Waals surface area (Å²) in [6, 6.07) is 9.16. The Kier molecular flexibility index (Phi) is 6.78. The molecule has 0 aromatic heterocycles. The molecule has 3 heteroatoms. The third kappa shape index (κ3) is 5.63. The summed E-state index contributed by atoms with van der Waals surface area (Å²) in [6.07, 6.45) is 0. The molecule has 11 heavy (non-hydrogen) atoms. The highest BCUT2D eigenvalue weighted by atomic mass is 32.1. The molecule has 0 saturated heterocycles. The van der Waals surface area contributed by atoms with Gasteiger partial charge in [0.25, 0.3) is 4.90 Å². The quantitative estimate of drug-likeness (QED) is 0.650. The van der Waals surface area contributed by atoms with Gasteiger partial charge in [0, 0.05) is 22.9 Å².